The Morgan fingerprint density at radius 3 is 1.29 bits per heavy atom. The van der Waals surface area contributed by atoms with Crippen molar-refractivity contribution < 1.29 is 0 Å². The molecule has 2 saturated carbocycles. The molecule has 0 aliphatic heterocycles. The molecule has 2 fully saturated rings. The van der Waals surface area contributed by atoms with Gasteiger partial charge in [0.2, 0.25) is 0 Å². The Labute approximate surface area is 91.5 Å². The highest BCUT2D eigenvalue weighted by Gasteiger charge is 2.34. The first-order valence-corrected chi connectivity index (χ1v) is 5.83. The lowest BCUT2D eigenvalue weighted by Gasteiger charge is -2.42. The van der Waals surface area contributed by atoms with E-state index in [2.05, 4.69) is 34.6 Å². The molecule has 0 nitrogen and oxygen atoms in total. The van der Waals surface area contributed by atoms with Crippen LogP contribution in [-0.4, -0.2) is 0 Å². The second-order valence-corrected chi connectivity index (χ2v) is 6.45. The summed E-state index contributed by atoms with van der Waals surface area (Å²) in [6.07, 6.45) is 7.26. The van der Waals surface area contributed by atoms with Crippen molar-refractivity contribution in [3.63, 3.8) is 0 Å². The number of hydrogen-bond acceptors (Lipinski definition) is 0. The lowest BCUT2D eigenvalue weighted by atomic mass is 9.64. The smallest absolute Gasteiger partial charge is 0.0328 e. The van der Waals surface area contributed by atoms with Crippen LogP contribution < -0.4 is 0 Å². The molecule has 2 aliphatic carbocycles. The number of hydrogen-bond donors (Lipinski definition) is 0. The maximum absolute atomic E-state index is 2.35. The van der Waals surface area contributed by atoms with Gasteiger partial charge in [-0.1, -0.05) is 48.5 Å². The van der Waals surface area contributed by atoms with E-state index in [1.807, 2.05) is 0 Å². The summed E-state index contributed by atoms with van der Waals surface area (Å²) in [6.45, 7) is 11.7. The molecule has 2 rings (SSSR count). The molecule has 0 aromatic rings. The van der Waals surface area contributed by atoms with E-state index in [0.717, 1.165) is 11.3 Å². The zero-order valence-corrected chi connectivity index (χ0v) is 10.1. The molecule has 86 valence electrons. The minimum absolute atomic E-state index is 0. The third kappa shape index (κ3) is 3.63. The third-order valence-corrected chi connectivity index (χ3v) is 4.26. The molecule has 2 aliphatic rings. The van der Waals surface area contributed by atoms with Crippen molar-refractivity contribution in [2.75, 3.05) is 0 Å². The van der Waals surface area contributed by atoms with Crippen molar-refractivity contribution in [2.24, 2.45) is 16.7 Å². The van der Waals surface area contributed by atoms with E-state index in [-0.39, 0.29) is 7.43 Å². The standard InChI is InChI=1S/C7H14.C6H12.CH4/c1-6-4-5-7(6,2)3;1-6(2)4-3-5-6;/h6H,4-5H2,1-3H3;3-5H2,1-2H3;1H4. The number of rotatable bonds is 0. The summed E-state index contributed by atoms with van der Waals surface area (Å²) < 4.78 is 0. The molecule has 0 spiro atoms. The molecule has 0 aromatic carbocycles. The van der Waals surface area contributed by atoms with Gasteiger partial charge < -0.3 is 0 Å². The Bertz CT molecular complexity index is 159. The van der Waals surface area contributed by atoms with E-state index in [4.69, 9.17) is 0 Å². The molecular formula is C14H30. The first kappa shape index (κ1) is 14.0. The van der Waals surface area contributed by atoms with Gasteiger partial charge in [0.1, 0.15) is 0 Å². The molecule has 1 atom stereocenters. The average molecular weight is 198 g/mol. The Morgan fingerprint density at radius 2 is 1.29 bits per heavy atom. The molecule has 14 heavy (non-hydrogen) atoms. The molecular weight excluding hydrogens is 168 g/mol. The van der Waals surface area contributed by atoms with E-state index in [0.29, 0.717) is 5.41 Å². The normalized spacial score (nSPS) is 31.1. The first-order chi connectivity index (χ1) is 5.83. The Morgan fingerprint density at radius 1 is 0.929 bits per heavy atom. The van der Waals surface area contributed by atoms with Gasteiger partial charge in [-0.25, -0.2) is 0 Å². The van der Waals surface area contributed by atoms with Crippen LogP contribution in [-0.2, 0) is 0 Å². The van der Waals surface area contributed by atoms with Crippen molar-refractivity contribution in [3.05, 3.63) is 0 Å². The van der Waals surface area contributed by atoms with Gasteiger partial charge in [0, 0.05) is 0 Å². The predicted octanol–water partition coefficient (Wildman–Crippen LogP) is 5.28. The summed E-state index contributed by atoms with van der Waals surface area (Å²) in [5.74, 6) is 0.979. The Kier molecular flexibility index (Phi) is 4.68. The van der Waals surface area contributed by atoms with Crippen LogP contribution in [0.3, 0.4) is 0 Å². The van der Waals surface area contributed by atoms with Gasteiger partial charge in [-0.05, 0) is 42.4 Å². The van der Waals surface area contributed by atoms with Crippen molar-refractivity contribution in [1.29, 1.82) is 0 Å². The van der Waals surface area contributed by atoms with Crippen LogP contribution in [0.1, 0.15) is 74.1 Å². The monoisotopic (exact) mass is 198 g/mol. The van der Waals surface area contributed by atoms with Gasteiger partial charge in [-0.2, -0.15) is 0 Å². The van der Waals surface area contributed by atoms with Gasteiger partial charge in [0.25, 0.3) is 0 Å². The Balaban J connectivity index is 0.000000227. The fourth-order valence-corrected chi connectivity index (χ4v) is 1.89. The molecule has 0 radical (unpaired) electrons. The molecule has 0 bridgehead atoms. The molecule has 0 aromatic heterocycles. The fraction of sp³-hybridized carbons (Fsp3) is 1.00. The second kappa shape index (κ2) is 4.68. The lowest BCUT2D eigenvalue weighted by Crippen LogP contribution is -2.31. The maximum atomic E-state index is 2.35. The fourth-order valence-electron chi connectivity index (χ4n) is 1.89. The van der Waals surface area contributed by atoms with Crippen LogP contribution in [0.15, 0.2) is 0 Å². The minimum Gasteiger partial charge on any atom is -0.0776 e. The molecule has 1 unspecified atom stereocenters. The first-order valence-electron chi connectivity index (χ1n) is 5.83. The summed E-state index contributed by atoms with van der Waals surface area (Å²) >= 11 is 0. The van der Waals surface area contributed by atoms with E-state index in [9.17, 15) is 0 Å². The summed E-state index contributed by atoms with van der Waals surface area (Å²) in [5, 5.41) is 0. The van der Waals surface area contributed by atoms with Crippen LogP contribution in [0.2, 0.25) is 0 Å². The highest BCUT2D eigenvalue weighted by molar-refractivity contribution is 4.84. The zero-order chi connectivity index (χ0) is 10.1. The topological polar surface area (TPSA) is 0 Å². The van der Waals surface area contributed by atoms with Crippen molar-refractivity contribution in [3.8, 4) is 0 Å². The molecule has 0 heteroatoms. The molecule has 0 amide bonds. The summed E-state index contributed by atoms with van der Waals surface area (Å²) in [7, 11) is 0. The predicted molar refractivity (Wildman–Crippen MR) is 66.5 cm³/mol. The van der Waals surface area contributed by atoms with Crippen LogP contribution in [0.25, 0.3) is 0 Å². The van der Waals surface area contributed by atoms with Crippen molar-refractivity contribution >= 4 is 0 Å². The van der Waals surface area contributed by atoms with Crippen LogP contribution in [0.5, 0.6) is 0 Å². The molecule has 0 heterocycles. The van der Waals surface area contributed by atoms with E-state index >= 15 is 0 Å². The van der Waals surface area contributed by atoms with Crippen LogP contribution in [0, 0.1) is 16.7 Å². The average Bonchev–Trinajstić information content (AvgIpc) is 2.01. The van der Waals surface area contributed by atoms with Gasteiger partial charge in [0.05, 0.1) is 0 Å². The summed E-state index contributed by atoms with van der Waals surface area (Å²) in [4.78, 5) is 0. The van der Waals surface area contributed by atoms with E-state index in [1.54, 1.807) is 0 Å². The lowest BCUT2D eigenvalue weighted by molar-refractivity contribution is 0.0892. The SMILES string of the molecule is C.CC1(C)CCC1.CC1CCC1(C)C. The van der Waals surface area contributed by atoms with Crippen LogP contribution in [0.4, 0.5) is 0 Å². The van der Waals surface area contributed by atoms with Crippen molar-refractivity contribution in [1.82, 2.24) is 0 Å². The van der Waals surface area contributed by atoms with Crippen LogP contribution >= 0.6 is 0 Å². The molecule has 0 N–H and O–H groups in total. The largest absolute Gasteiger partial charge is 0.0776 e. The summed E-state index contributed by atoms with van der Waals surface area (Å²) in [5.41, 5.74) is 1.40. The van der Waals surface area contributed by atoms with Gasteiger partial charge in [-0.15, -0.1) is 0 Å². The van der Waals surface area contributed by atoms with E-state index in [1.165, 1.54) is 32.1 Å². The van der Waals surface area contributed by atoms with E-state index < -0.39 is 0 Å². The van der Waals surface area contributed by atoms with Crippen molar-refractivity contribution in [2.45, 2.75) is 74.1 Å². The highest BCUT2D eigenvalue weighted by atomic mass is 14.4. The Hall–Kier alpha value is 0. The zero-order valence-electron chi connectivity index (χ0n) is 10.1. The minimum atomic E-state index is 0. The van der Waals surface area contributed by atoms with Gasteiger partial charge in [-0.3, -0.25) is 0 Å². The summed E-state index contributed by atoms with van der Waals surface area (Å²) in [6, 6.07) is 0. The molecule has 0 saturated heterocycles. The third-order valence-electron chi connectivity index (χ3n) is 4.26. The quantitative estimate of drug-likeness (QED) is 0.497. The van der Waals surface area contributed by atoms with Gasteiger partial charge in [0.15, 0.2) is 0 Å². The maximum Gasteiger partial charge on any atom is -0.0328 e. The second-order valence-electron chi connectivity index (χ2n) is 6.45. The highest BCUT2D eigenvalue weighted by Crippen LogP contribution is 2.45. The van der Waals surface area contributed by atoms with Gasteiger partial charge >= 0.3 is 0 Å².